The third-order valence-electron chi connectivity index (χ3n) is 3.30. The van der Waals surface area contributed by atoms with E-state index in [9.17, 15) is 9.59 Å². The maximum absolute atomic E-state index is 12.4. The predicted octanol–water partition coefficient (Wildman–Crippen LogP) is 3.79. The van der Waals surface area contributed by atoms with E-state index in [1.54, 1.807) is 6.92 Å². The summed E-state index contributed by atoms with van der Waals surface area (Å²) in [6.07, 6.45) is -0.821. The van der Waals surface area contributed by atoms with E-state index >= 15 is 0 Å². The van der Waals surface area contributed by atoms with Gasteiger partial charge in [0.2, 0.25) is 0 Å². The van der Waals surface area contributed by atoms with Crippen LogP contribution >= 0.6 is 11.3 Å². The second kappa shape index (κ2) is 7.42. The molecule has 0 saturated heterocycles. The number of hydrogen-bond donors (Lipinski definition) is 1. The Hall–Kier alpha value is -2.14. The third kappa shape index (κ3) is 4.42. The molecule has 23 heavy (non-hydrogen) atoms. The fourth-order valence-corrected chi connectivity index (χ4v) is 2.89. The zero-order valence-corrected chi connectivity index (χ0v) is 14.6. The normalized spacial score (nSPS) is 12.0. The molecule has 2 rings (SSSR count). The predicted molar refractivity (Wildman–Crippen MR) is 92.6 cm³/mol. The fraction of sp³-hybridized carbons (Fsp3) is 0.333. The minimum absolute atomic E-state index is 0.00788. The summed E-state index contributed by atoms with van der Waals surface area (Å²) >= 11 is 1.32. The number of carbonyl (C=O) groups excluding carboxylic acids is 2. The number of carbonyl (C=O) groups is 2. The Bertz CT molecular complexity index is 689. The molecule has 1 N–H and O–H groups in total. The number of rotatable bonds is 5. The molecule has 4 nitrogen and oxygen atoms in total. The molecule has 0 aliphatic heterocycles. The van der Waals surface area contributed by atoms with Gasteiger partial charge in [0.1, 0.15) is 4.88 Å². The van der Waals surface area contributed by atoms with Gasteiger partial charge in [-0.25, -0.2) is 4.79 Å². The Labute approximate surface area is 140 Å². The zero-order chi connectivity index (χ0) is 17.0. The highest BCUT2D eigenvalue weighted by Crippen LogP contribution is 2.29. The van der Waals surface area contributed by atoms with Gasteiger partial charge in [0.05, 0.1) is 0 Å². The monoisotopic (exact) mass is 331 g/mol. The minimum atomic E-state index is -0.821. The molecule has 0 saturated carbocycles. The molecule has 1 amide bonds. The molecule has 122 valence electrons. The zero-order valence-electron chi connectivity index (χ0n) is 13.8. The summed E-state index contributed by atoms with van der Waals surface area (Å²) in [5.41, 5.74) is 2.95. The van der Waals surface area contributed by atoms with Crippen LogP contribution in [0, 0.1) is 6.92 Å². The molecule has 0 spiro atoms. The summed E-state index contributed by atoms with van der Waals surface area (Å²) < 4.78 is 5.30. The molecular formula is C18H21NO3S. The summed E-state index contributed by atoms with van der Waals surface area (Å²) in [4.78, 5) is 24.8. The molecule has 0 unspecified atom stereocenters. The van der Waals surface area contributed by atoms with E-state index in [0.29, 0.717) is 4.88 Å². The molecule has 1 heterocycles. The number of nitrogens with one attached hydrogen (secondary N) is 1. The maximum Gasteiger partial charge on any atom is 0.349 e. The van der Waals surface area contributed by atoms with Crippen LogP contribution in [-0.2, 0) is 9.53 Å². The van der Waals surface area contributed by atoms with Gasteiger partial charge in [-0.1, -0.05) is 29.8 Å². The second-order valence-electron chi connectivity index (χ2n) is 5.74. The Morgan fingerprint density at radius 1 is 1.09 bits per heavy atom. The van der Waals surface area contributed by atoms with Gasteiger partial charge in [-0.05, 0) is 44.7 Å². The van der Waals surface area contributed by atoms with Gasteiger partial charge in [0, 0.05) is 11.6 Å². The lowest BCUT2D eigenvalue weighted by atomic mass is 10.1. The lowest BCUT2D eigenvalue weighted by Gasteiger charge is -2.15. The third-order valence-corrected chi connectivity index (χ3v) is 4.19. The standard InChI is InChI=1S/C18H21NO3S/c1-11(2)19-17(20)13(4)22-18(21)16-15(9-10-23-16)14-7-5-12(3)6-8-14/h5-11,13H,1-4H3,(H,19,20)/t13-/m1/s1. The molecule has 0 fully saturated rings. The SMILES string of the molecule is Cc1ccc(-c2ccsc2C(=O)O[C@H](C)C(=O)NC(C)C)cc1. The molecule has 0 aliphatic carbocycles. The summed E-state index contributed by atoms with van der Waals surface area (Å²) in [7, 11) is 0. The van der Waals surface area contributed by atoms with Crippen molar-refractivity contribution in [3.63, 3.8) is 0 Å². The molecule has 1 atom stereocenters. The molecule has 0 aliphatic rings. The summed E-state index contributed by atoms with van der Waals surface area (Å²) in [6, 6.07) is 9.85. The Morgan fingerprint density at radius 2 is 1.74 bits per heavy atom. The van der Waals surface area contributed by atoms with Crippen LogP contribution in [0.25, 0.3) is 11.1 Å². The molecule has 0 radical (unpaired) electrons. The molecule has 2 aromatic rings. The summed E-state index contributed by atoms with van der Waals surface area (Å²) in [5, 5.41) is 4.58. The number of amides is 1. The first kappa shape index (κ1) is 17.2. The van der Waals surface area contributed by atoms with Crippen LogP contribution in [-0.4, -0.2) is 24.0 Å². The van der Waals surface area contributed by atoms with E-state index in [0.717, 1.165) is 16.7 Å². The number of hydrogen-bond acceptors (Lipinski definition) is 4. The molecule has 1 aromatic heterocycles. The number of thiophene rings is 1. The number of benzene rings is 1. The van der Waals surface area contributed by atoms with E-state index in [1.807, 2.05) is 56.5 Å². The first-order valence-corrected chi connectivity index (χ1v) is 8.42. The van der Waals surface area contributed by atoms with Gasteiger partial charge in [0.15, 0.2) is 6.10 Å². The van der Waals surface area contributed by atoms with Crippen molar-refractivity contribution < 1.29 is 14.3 Å². The first-order chi connectivity index (χ1) is 10.9. The average molecular weight is 331 g/mol. The van der Waals surface area contributed by atoms with E-state index in [2.05, 4.69) is 5.32 Å². The second-order valence-corrected chi connectivity index (χ2v) is 6.66. The largest absolute Gasteiger partial charge is 0.448 e. The van der Waals surface area contributed by atoms with E-state index < -0.39 is 12.1 Å². The van der Waals surface area contributed by atoms with Crippen molar-refractivity contribution in [3.05, 3.63) is 46.2 Å². The van der Waals surface area contributed by atoms with E-state index in [-0.39, 0.29) is 11.9 Å². The van der Waals surface area contributed by atoms with Gasteiger partial charge in [-0.15, -0.1) is 11.3 Å². The highest BCUT2D eigenvalue weighted by atomic mass is 32.1. The molecule has 0 bridgehead atoms. The smallest absolute Gasteiger partial charge is 0.349 e. The summed E-state index contributed by atoms with van der Waals surface area (Å²) in [5.74, 6) is -0.760. The van der Waals surface area contributed by atoms with Gasteiger partial charge < -0.3 is 10.1 Å². The Kier molecular flexibility index (Phi) is 5.55. The fourth-order valence-electron chi connectivity index (χ4n) is 2.10. The van der Waals surface area contributed by atoms with Crippen LogP contribution in [0.4, 0.5) is 0 Å². The number of ether oxygens (including phenoxy) is 1. The minimum Gasteiger partial charge on any atom is -0.448 e. The topological polar surface area (TPSA) is 55.4 Å². The van der Waals surface area contributed by atoms with Crippen LogP contribution in [0.3, 0.4) is 0 Å². The van der Waals surface area contributed by atoms with Crippen molar-refractivity contribution in [1.82, 2.24) is 5.32 Å². The average Bonchev–Trinajstić information content (AvgIpc) is 2.96. The van der Waals surface area contributed by atoms with Crippen molar-refractivity contribution >= 4 is 23.2 Å². The Morgan fingerprint density at radius 3 is 2.35 bits per heavy atom. The van der Waals surface area contributed by atoms with Gasteiger partial charge >= 0.3 is 5.97 Å². The van der Waals surface area contributed by atoms with Crippen molar-refractivity contribution in [3.8, 4) is 11.1 Å². The highest BCUT2D eigenvalue weighted by molar-refractivity contribution is 7.12. The number of esters is 1. The molecule has 1 aromatic carbocycles. The van der Waals surface area contributed by atoms with E-state index in [4.69, 9.17) is 4.74 Å². The van der Waals surface area contributed by atoms with Crippen LogP contribution in [0.15, 0.2) is 35.7 Å². The first-order valence-electron chi connectivity index (χ1n) is 7.54. The quantitative estimate of drug-likeness (QED) is 0.848. The van der Waals surface area contributed by atoms with Crippen LogP contribution in [0.2, 0.25) is 0 Å². The summed E-state index contributed by atoms with van der Waals surface area (Å²) in [6.45, 7) is 7.32. The van der Waals surface area contributed by atoms with E-state index in [1.165, 1.54) is 11.3 Å². The van der Waals surface area contributed by atoms with Crippen LogP contribution in [0.5, 0.6) is 0 Å². The maximum atomic E-state index is 12.4. The van der Waals surface area contributed by atoms with Crippen molar-refractivity contribution in [1.29, 1.82) is 0 Å². The van der Waals surface area contributed by atoms with Gasteiger partial charge in [-0.3, -0.25) is 4.79 Å². The van der Waals surface area contributed by atoms with Gasteiger partial charge in [0.25, 0.3) is 5.91 Å². The van der Waals surface area contributed by atoms with Crippen LogP contribution in [0.1, 0.15) is 36.0 Å². The Balaban J connectivity index is 2.13. The molecular weight excluding hydrogens is 310 g/mol. The van der Waals surface area contributed by atoms with Gasteiger partial charge in [-0.2, -0.15) is 0 Å². The lowest BCUT2D eigenvalue weighted by molar-refractivity contribution is -0.129. The number of aryl methyl sites for hydroxylation is 1. The lowest BCUT2D eigenvalue weighted by Crippen LogP contribution is -2.39. The molecule has 5 heteroatoms. The van der Waals surface area contributed by atoms with Crippen molar-refractivity contribution in [2.45, 2.75) is 39.8 Å². The van der Waals surface area contributed by atoms with Crippen LogP contribution < -0.4 is 5.32 Å². The van der Waals surface area contributed by atoms with Crippen molar-refractivity contribution in [2.24, 2.45) is 0 Å². The van der Waals surface area contributed by atoms with Crippen molar-refractivity contribution in [2.75, 3.05) is 0 Å². The highest BCUT2D eigenvalue weighted by Gasteiger charge is 2.22.